The van der Waals surface area contributed by atoms with Crippen molar-refractivity contribution in [1.29, 1.82) is 0 Å². The van der Waals surface area contributed by atoms with Gasteiger partial charge in [-0.1, -0.05) is 42.5 Å². The average Bonchev–Trinajstić information content (AvgIpc) is 2.37. The van der Waals surface area contributed by atoms with Crippen LogP contribution in [0.4, 0.5) is 0 Å². The summed E-state index contributed by atoms with van der Waals surface area (Å²) in [6.07, 6.45) is 3.88. The Morgan fingerprint density at radius 1 is 1.18 bits per heavy atom. The smallest absolute Gasteiger partial charge is 0.306 e. The van der Waals surface area contributed by atoms with Gasteiger partial charge in [-0.15, -0.1) is 0 Å². The van der Waals surface area contributed by atoms with Crippen molar-refractivity contribution in [1.82, 2.24) is 0 Å². The molecule has 0 aromatic heterocycles. The molecule has 3 heteroatoms. The number of carbonyl (C=O) groups excluding carboxylic acids is 2. The number of allylic oxidation sites excluding steroid dienone is 1. The summed E-state index contributed by atoms with van der Waals surface area (Å²) in [5.41, 5.74) is 0.633. The highest BCUT2D eigenvalue weighted by molar-refractivity contribution is 5.97. The predicted octanol–water partition coefficient (Wildman–Crippen LogP) is 2.77. The molecule has 0 atom stereocenters. The molecule has 0 saturated carbocycles. The van der Waals surface area contributed by atoms with Crippen molar-refractivity contribution in [3.63, 3.8) is 0 Å². The molecular weight excluding hydrogens is 216 g/mol. The molecule has 0 bridgehead atoms. The first kappa shape index (κ1) is 13.2. The molecule has 1 aromatic rings. The molecule has 0 fully saturated rings. The molecule has 0 aliphatic carbocycles. The van der Waals surface area contributed by atoms with E-state index in [0.717, 1.165) is 0 Å². The second-order valence-corrected chi connectivity index (χ2v) is 3.54. The van der Waals surface area contributed by atoms with Gasteiger partial charge in [-0.05, 0) is 6.92 Å². The van der Waals surface area contributed by atoms with Crippen molar-refractivity contribution in [3.8, 4) is 0 Å². The van der Waals surface area contributed by atoms with Crippen LogP contribution >= 0.6 is 0 Å². The fourth-order valence-electron chi connectivity index (χ4n) is 1.29. The molecule has 0 unspecified atom stereocenters. The summed E-state index contributed by atoms with van der Waals surface area (Å²) in [5, 5.41) is 0. The van der Waals surface area contributed by atoms with Gasteiger partial charge in [-0.2, -0.15) is 0 Å². The topological polar surface area (TPSA) is 43.4 Å². The van der Waals surface area contributed by atoms with Crippen molar-refractivity contribution in [2.24, 2.45) is 0 Å². The molecule has 0 saturated heterocycles. The lowest BCUT2D eigenvalue weighted by atomic mass is 10.1. The zero-order chi connectivity index (χ0) is 12.5. The molecule has 90 valence electrons. The molecule has 0 spiro atoms. The Kier molecular flexibility index (Phi) is 5.72. The van der Waals surface area contributed by atoms with Crippen LogP contribution in [0.3, 0.4) is 0 Å². The van der Waals surface area contributed by atoms with E-state index in [9.17, 15) is 9.59 Å². The van der Waals surface area contributed by atoms with E-state index in [1.165, 1.54) is 0 Å². The Hall–Kier alpha value is -1.90. The monoisotopic (exact) mass is 232 g/mol. The number of hydrogen-bond donors (Lipinski definition) is 0. The van der Waals surface area contributed by atoms with Gasteiger partial charge in [0.25, 0.3) is 0 Å². The zero-order valence-electron chi connectivity index (χ0n) is 9.89. The maximum atomic E-state index is 11.7. The summed E-state index contributed by atoms with van der Waals surface area (Å²) in [6, 6.07) is 8.94. The maximum absolute atomic E-state index is 11.7. The van der Waals surface area contributed by atoms with Gasteiger partial charge >= 0.3 is 5.97 Å². The summed E-state index contributed by atoms with van der Waals surface area (Å²) in [7, 11) is 0. The van der Waals surface area contributed by atoms with E-state index in [1.54, 1.807) is 30.3 Å². The SMILES string of the molecule is C/C=C/COC(=O)CCC(=O)c1ccccc1. The fourth-order valence-corrected chi connectivity index (χ4v) is 1.29. The van der Waals surface area contributed by atoms with Crippen molar-refractivity contribution < 1.29 is 14.3 Å². The maximum Gasteiger partial charge on any atom is 0.306 e. The second-order valence-electron chi connectivity index (χ2n) is 3.54. The van der Waals surface area contributed by atoms with Gasteiger partial charge in [0.2, 0.25) is 0 Å². The highest BCUT2D eigenvalue weighted by atomic mass is 16.5. The minimum atomic E-state index is -0.340. The number of hydrogen-bond acceptors (Lipinski definition) is 3. The van der Waals surface area contributed by atoms with E-state index in [0.29, 0.717) is 5.56 Å². The Morgan fingerprint density at radius 3 is 2.53 bits per heavy atom. The van der Waals surface area contributed by atoms with Crippen LogP contribution in [0.2, 0.25) is 0 Å². The van der Waals surface area contributed by atoms with E-state index >= 15 is 0 Å². The van der Waals surface area contributed by atoms with Gasteiger partial charge in [-0.3, -0.25) is 9.59 Å². The molecule has 0 radical (unpaired) electrons. The van der Waals surface area contributed by atoms with E-state index in [2.05, 4.69) is 0 Å². The summed E-state index contributed by atoms with van der Waals surface area (Å²) in [6.45, 7) is 2.13. The van der Waals surface area contributed by atoms with E-state index < -0.39 is 0 Å². The molecule has 0 aliphatic heterocycles. The van der Waals surface area contributed by atoms with Crippen LogP contribution in [0.1, 0.15) is 30.1 Å². The van der Waals surface area contributed by atoms with Gasteiger partial charge in [0.1, 0.15) is 6.61 Å². The summed E-state index contributed by atoms with van der Waals surface area (Å²) in [5.74, 6) is -0.374. The van der Waals surface area contributed by atoms with Crippen molar-refractivity contribution in [3.05, 3.63) is 48.0 Å². The Balaban J connectivity index is 2.31. The molecule has 1 rings (SSSR count). The van der Waals surface area contributed by atoms with Gasteiger partial charge in [-0.25, -0.2) is 0 Å². The van der Waals surface area contributed by atoms with Crippen molar-refractivity contribution in [2.45, 2.75) is 19.8 Å². The lowest BCUT2D eigenvalue weighted by Crippen LogP contribution is -2.08. The van der Waals surface area contributed by atoms with E-state index in [4.69, 9.17) is 4.74 Å². The molecular formula is C14H16O3. The van der Waals surface area contributed by atoms with Crippen molar-refractivity contribution in [2.75, 3.05) is 6.61 Å². The minimum Gasteiger partial charge on any atom is -0.461 e. The molecule has 0 aliphatic rings. The van der Waals surface area contributed by atoms with Crippen LogP contribution in [0.15, 0.2) is 42.5 Å². The van der Waals surface area contributed by atoms with Gasteiger partial charge < -0.3 is 4.74 Å². The summed E-state index contributed by atoms with van der Waals surface area (Å²) < 4.78 is 4.89. The van der Waals surface area contributed by atoms with Gasteiger partial charge in [0.05, 0.1) is 6.42 Å². The first-order chi connectivity index (χ1) is 8.24. The number of ketones is 1. The number of Topliss-reactive ketones (excluding diaryl/α,β-unsaturated/α-hetero) is 1. The van der Waals surface area contributed by atoms with Gasteiger partial charge in [0, 0.05) is 12.0 Å². The fraction of sp³-hybridized carbons (Fsp3) is 0.286. The van der Waals surface area contributed by atoms with E-state index in [1.807, 2.05) is 19.1 Å². The largest absolute Gasteiger partial charge is 0.461 e. The van der Waals surface area contributed by atoms with Crippen LogP contribution in [0.5, 0.6) is 0 Å². The quantitative estimate of drug-likeness (QED) is 0.430. The third-order valence-electron chi connectivity index (χ3n) is 2.23. The summed E-state index contributed by atoms with van der Waals surface area (Å²) in [4.78, 5) is 22.9. The molecule has 17 heavy (non-hydrogen) atoms. The van der Waals surface area contributed by atoms with E-state index in [-0.39, 0.29) is 31.2 Å². The Labute approximate surface area is 101 Å². The number of benzene rings is 1. The second kappa shape index (κ2) is 7.39. The first-order valence-corrected chi connectivity index (χ1v) is 5.59. The van der Waals surface area contributed by atoms with Crippen LogP contribution in [0, 0.1) is 0 Å². The normalized spacial score (nSPS) is 10.4. The molecule has 0 amide bonds. The van der Waals surface area contributed by atoms with Crippen molar-refractivity contribution >= 4 is 11.8 Å². The zero-order valence-corrected chi connectivity index (χ0v) is 9.89. The van der Waals surface area contributed by atoms with Crippen LogP contribution in [-0.2, 0) is 9.53 Å². The molecule has 0 N–H and O–H groups in total. The summed E-state index contributed by atoms with van der Waals surface area (Å²) >= 11 is 0. The Morgan fingerprint density at radius 2 is 1.88 bits per heavy atom. The minimum absolute atomic E-state index is 0.0337. The Bertz CT molecular complexity index is 393. The number of rotatable bonds is 6. The van der Waals surface area contributed by atoms with Crippen LogP contribution < -0.4 is 0 Å². The average molecular weight is 232 g/mol. The molecule has 3 nitrogen and oxygen atoms in total. The predicted molar refractivity (Wildman–Crippen MR) is 65.8 cm³/mol. The molecule has 1 aromatic carbocycles. The standard InChI is InChI=1S/C14H16O3/c1-2-3-11-17-14(16)10-9-13(15)12-7-5-4-6-8-12/h2-8H,9-11H2,1H3/b3-2+. The lowest BCUT2D eigenvalue weighted by Gasteiger charge is -2.01. The van der Waals surface area contributed by atoms with Gasteiger partial charge in [0.15, 0.2) is 5.78 Å². The third kappa shape index (κ3) is 5.11. The lowest BCUT2D eigenvalue weighted by molar-refractivity contribution is -0.142. The van der Waals surface area contributed by atoms with Crippen LogP contribution in [-0.4, -0.2) is 18.4 Å². The number of carbonyl (C=O) groups is 2. The highest BCUT2D eigenvalue weighted by Gasteiger charge is 2.09. The number of ether oxygens (including phenoxy) is 1. The molecule has 0 heterocycles. The van der Waals surface area contributed by atoms with Crippen LogP contribution in [0.25, 0.3) is 0 Å². The highest BCUT2D eigenvalue weighted by Crippen LogP contribution is 2.05. The number of esters is 1. The first-order valence-electron chi connectivity index (χ1n) is 5.59. The third-order valence-corrected chi connectivity index (χ3v) is 2.23.